The lowest BCUT2D eigenvalue weighted by Gasteiger charge is -2.17. The summed E-state index contributed by atoms with van der Waals surface area (Å²) in [5.41, 5.74) is 1.12. The molecule has 0 fully saturated rings. The third-order valence-electron chi connectivity index (χ3n) is 2.12. The molecule has 2 aromatic rings. The van der Waals surface area contributed by atoms with Crippen LogP contribution in [0.5, 0.6) is 0 Å². The van der Waals surface area contributed by atoms with Crippen molar-refractivity contribution in [3.63, 3.8) is 0 Å². The summed E-state index contributed by atoms with van der Waals surface area (Å²) in [6, 6.07) is 10.2. The molecule has 3 nitrogen and oxygen atoms in total. The number of aromatic nitrogens is 2. The van der Waals surface area contributed by atoms with E-state index in [2.05, 4.69) is 56.8 Å². The SMILES string of the molecule is CN(c1ccc(I)cc1)c1ccncn1. The molecule has 0 radical (unpaired) electrons. The molecule has 1 aromatic heterocycles. The monoisotopic (exact) mass is 311 g/mol. The van der Waals surface area contributed by atoms with E-state index < -0.39 is 0 Å². The molecule has 0 bridgehead atoms. The first-order chi connectivity index (χ1) is 7.27. The second-order valence-electron chi connectivity index (χ2n) is 3.10. The zero-order valence-corrected chi connectivity index (χ0v) is 10.4. The maximum atomic E-state index is 4.19. The van der Waals surface area contributed by atoms with Gasteiger partial charge in [-0.2, -0.15) is 0 Å². The third kappa shape index (κ3) is 2.44. The maximum absolute atomic E-state index is 4.19. The quantitative estimate of drug-likeness (QED) is 0.799. The molecule has 0 unspecified atom stereocenters. The first kappa shape index (κ1) is 10.4. The largest absolute Gasteiger partial charge is 0.329 e. The highest BCUT2D eigenvalue weighted by Gasteiger charge is 2.03. The van der Waals surface area contributed by atoms with Crippen LogP contribution in [-0.2, 0) is 0 Å². The minimum absolute atomic E-state index is 0.895. The summed E-state index contributed by atoms with van der Waals surface area (Å²) in [4.78, 5) is 10.1. The van der Waals surface area contributed by atoms with Crippen molar-refractivity contribution < 1.29 is 0 Å². The number of anilines is 2. The minimum atomic E-state index is 0.895. The van der Waals surface area contributed by atoms with Crippen molar-refractivity contribution in [1.82, 2.24) is 9.97 Å². The van der Waals surface area contributed by atoms with Gasteiger partial charge in [0.1, 0.15) is 12.1 Å². The fourth-order valence-electron chi connectivity index (χ4n) is 1.28. The van der Waals surface area contributed by atoms with Crippen molar-refractivity contribution in [2.24, 2.45) is 0 Å². The Morgan fingerprint density at radius 1 is 1.13 bits per heavy atom. The first-order valence-corrected chi connectivity index (χ1v) is 5.60. The average Bonchev–Trinajstić information content (AvgIpc) is 2.30. The molecule has 0 amide bonds. The Morgan fingerprint density at radius 2 is 1.87 bits per heavy atom. The van der Waals surface area contributed by atoms with Crippen LogP contribution in [0.4, 0.5) is 11.5 Å². The Bertz CT molecular complexity index is 427. The summed E-state index contributed by atoms with van der Waals surface area (Å²) < 4.78 is 1.23. The second kappa shape index (κ2) is 4.57. The zero-order chi connectivity index (χ0) is 10.7. The molecule has 1 aromatic carbocycles. The van der Waals surface area contributed by atoms with Crippen LogP contribution in [-0.4, -0.2) is 17.0 Å². The summed E-state index contributed by atoms with van der Waals surface area (Å²) >= 11 is 2.29. The fraction of sp³-hybridized carbons (Fsp3) is 0.0909. The van der Waals surface area contributed by atoms with Crippen molar-refractivity contribution >= 4 is 34.1 Å². The molecular weight excluding hydrogens is 301 g/mol. The Morgan fingerprint density at radius 3 is 2.47 bits per heavy atom. The van der Waals surface area contributed by atoms with Gasteiger partial charge >= 0.3 is 0 Å². The highest BCUT2D eigenvalue weighted by atomic mass is 127. The van der Waals surface area contributed by atoms with E-state index in [0.29, 0.717) is 0 Å². The van der Waals surface area contributed by atoms with Crippen molar-refractivity contribution in [1.29, 1.82) is 0 Å². The van der Waals surface area contributed by atoms with E-state index in [-0.39, 0.29) is 0 Å². The molecule has 0 aliphatic carbocycles. The summed E-state index contributed by atoms with van der Waals surface area (Å²) in [5, 5.41) is 0. The topological polar surface area (TPSA) is 29.0 Å². The Kier molecular flexibility index (Phi) is 3.15. The van der Waals surface area contributed by atoms with Crippen LogP contribution < -0.4 is 4.90 Å². The third-order valence-corrected chi connectivity index (χ3v) is 2.84. The van der Waals surface area contributed by atoms with Gasteiger partial charge in [0.15, 0.2) is 0 Å². The summed E-state index contributed by atoms with van der Waals surface area (Å²) in [5.74, 6) is 0.895. The van der Waals surface area contributed by atoms with Gasteiger partial charge in [-0.3, -0.25) is 0 Å². The Labute approximate surface area is 102 Å². The molecule has 15 heavy (non-hydrogen) atoms. The van der Waals surface area contributed by atoms with E-state index in [1.54, 1.807) is 12.5 Å². The van der Waals surface area contributed by atoms with Crippen LogP contribution >= 0.6 is 22.6 Å². The summed E-state index contributed by atoms with van der Waals surface area (Å²) in [7, 11) is 1.99. The van der Waals surface area contributed by atoms with E-state index in [0.717, 1.165) is 11.5 Å². The van der Waals surface area contributed by atoms with Gasteiger partial charge in [-0.1, -0.05) is 0 Å². The summed E-state index contributed by atoms with van der Waals surface area (Å²) in [6.07, 6.45) is 3.30. The molecule has 4 heteroatoms. The lowest BCUT2D eigenvalue weighted by atomic mass is 10.3. The minimum Gasteiger partial charge on any atom is -0.329 e. The molecule has 1 heterocycles. The first-order valence-electron chi connectivity index (χ1n) is 4.52. The van der Waals surface area contributed by atoms with Crippen molar-refractivity contribution in [3.05, 3.63) is 46.4 Å². The van der Waals surface area contributed by atoms with Gasteiger partial charge in [-0.15, -0.1) is 0 Å². The normalized spacial score (nSPS) is 10.0. The van der Waals surface area contributed by atoms with Crippen molar-refractivity contribution in [2.45, 2.75) is 0 Å². The second-order valence-corrected chi connectivity index (χ2v) is 4.35. The highest BCUT2D eigenvalue weighted by molar-refractivity contribution is 14.1. The van der Waals surface area contributed by atoms with E-state index in [1.807, 2.05) is 18.0 Å². The lowest BCUT2D eigenvalue weighted by molar-refractivity contribution is 1.08. The van der Waals surface area contributed by atoms with Crippen LogP contribution in [0.25, 0.3) is 0 Å². The molecule has 76 valence electrons. The van der Waals surface area contributed by atoms with Gasteiger partial charge in [-0.25, -0.2) is 9.97 Å². The molecule has 0 saturated carbocycles. The van der Waals surface area contributed by atoms with E-state index in [9.17, 15) is 0 Å². The number of hydrogen-bond acceptors (Lipinski definition) is 3. The molecule has 0 saturated heterocycles. The van der Waals surface area contributed by atoms with Crippen LogP contribution in [0, 0.1) is 3.57 Å². The maximum Gasteiger partial charge on any atom is 0.136 e. The van der Waals surface area contributed by atoms with Crippen molar-refractivity contribution in [3.8, 4) is 0 Å². The Hall–Kier alpha value is -1.17. The number of nitrogens with zero attached hydrogens (tertiary/aromatic N) is 3. The molecule has 0 aliphatic rings. The fourth-order valence-corrected chi connectivity index (χ4v) is 1.64. The molecule has 0 aliphatic heterocycles. The van der Waals surface area contributed by atoms with Crippen LogP contribution in [0.3, 0.4) is 0 Å². The van der Waals surface area contributed by atoms with Crippen LogP contribution in [0.15, 0.2) is 42.9 Å². The van der Waals surface area contributed by atoms with Crippen molar-refractivity contribution in [2.75, 3.05) is 11.9 Å². The zero-order valence-electron chi connectivity index (χ0n) is 8.26. The summed E-state index contributed by atoms with van der Waals surface area (Å²) in [6.45, 7) is 0. The Balaban J connectivity index is 2.29. The van der Waals surface area contributed by atoms with Gasteiger partial charge in [0.2, 0.25) is 0 Å². The smallest absolute Gasteiger partial charge is 0.136 e. The molecule has 2 rings (SSSR count). The molecular formula is C11H10IN3. The van der Waals surface area contributed by atoms with E-state index in [1.165, 1.54) is 3.57 Å². The molecule has 0 spiro atoms. The van der Waals surface area contributed by atoms with Gasteiger partial charge in [0.05, 0.1) is 0 Å². The molecule has 0 atom stereocenters. The van der Waals surface area contributed by atoms with Gasteiger partial charge in [-0.05, 0) is 52.9 Å². The average molecular weight is 311 g/mol. The van der Waals surface area contributed by atoms with Gasteiger partial charge in [0.25, 0.3) is 0 Å². The van der Waals surface area contributed by atoms with Crippen LogP contribution in [0.2, 0.25) is 0 Å². The predicted molar refractivity (Wildman–Crippen MR) is 69.3 cm³/mol. The van der Waals surface area contributed by atoms with Gasteiger partial charge < -0.3 is 4.90 Å². The lowest BCUT2D eigenvalue weighted by Crippen LogP contribution is -2.10. The predicted octanol–water partition coefficient (Wildman–Crippen LogP) is 2.85. The number of rotatable bonds is 2. The number of hydrogen-bond donors (Lipinski definition) is 0. The molecule has 0 N–H and O–H groups in total. The van der Waals surface area contributed by atoms with Crippen LogP contribution in [0.1, 0.15) is 0 Å². The number of benzene rings is 1. The van der Waals surface area contributed by atoms with E-state index in [4.69, 9.17) is 0 Å². The van der Waals surface area contributed by atoms with Gasteiger partial charge in [0, 0.05) is 22.5 Å². The highest BCUT2D eigenvalue weighted by Crippen LogP contribution is 2.21. The standard InChI is InChI=1S/C11H10IN3/c1-15(11-6-7-13-8-14-11)10-4-2-9(12)3-5-10/h2-8H,1H3. The van der Waals surface area contributed by atoms with E-state index >= 15 is 0 Å². The number of halogens is 1.